The molecule has 0 amide bonds. The molecule has 0 saturated carbocycles. The van der Waals surface area contributed by atoms with Gasteiger partial charge in [0.1, 0.15) is 0 Å². The van der Waals surface area contributed by atoms with Crippen LogP contribution in [0.1, 0.15) is 37.9 Å². The van der Waals surface area contributed by atoms with E-state index in [-0.39, 0.29) is 30.1 Å². The molecule has 2 aliphatic rings. The van der Waals surface area contributed by atoms with Crippen LogP contribution in [-0.4, -0.2) is 38.9 Å². The van der Waals surface area contributed by atoms with Gasteiger partial charge in [-0.2, -0.15) is 0 Å². The molecule has 0 aliphatic carbocycles. The maximum Gasteiger partial charge on any atom is 0.195 e. The first-order chi connectivity index (χ1) is 14.8. The lowest BCUT2D eigenvalue weighted by atomic mass is 9.89. The Labute approximate surface area is 201 Å². The van der Waals surface area contributed by atoms with Crippen molar-refractivity contribution in [3.63, 3.8) is 0 Å². The monoisotopic (exact) mass is 537 g/mol. The number of hydrogen-bond acceptors (Lipinski definition) is 4. The fourth-order valence-corrected chi connectivity index (χ4v) is 3.93. The Hall–Kier alpha value is -2.00. The lowest BCUT2D eigenvalue weighted by Crippen LogP contribution is -2.32. The normalized spacial score (nSPS) is 20.9. The third-order valence-electron chi connectivity index (χ3n) is 5.41. The van der Waals surface area contributed by atoms with Gasteiger partial charge in [-0.25, -0.2) is 0 Å². The van der Waals surface area contributed by atoms with Gasteiger partial charge in [0.15, 0.2) is 17.5 Å². The van der Waals surface area contributed by atoms with Crippen molar-refractivity contribution in [2.45, 2.75) is 32.3 Å². The highest BCUT2D eigenvalue weighted by Gasteiger charge is 2.27. The van der Waals surface area contributed by atoms with Crippen LogP contribution in [0.2, 0.25) is 0 Å². The molecule has 4 rings (SSSR count). The fourth-order valence-electron chi connectivity index (χ4n) is 3.93. The van der Waals surface area contributed by atoms with Crippen molar-refractivity contribution in [2.75, 3.05) is 38.2 Å². The van der Waals surface area contributed by atoms with Gasteiger partial charge in [0.05, 0.1) is 19.3 Å². The van der Waals surface area contributed by atoms with Crippen molar-refractivity contribution in [1.29, 1.82) is 0 Å². The molecule has 0 spiro atoms. The molecule has 0 bridgehead atoms. The highest BCUT2D eigenvalue weighted by Crippen LogP contribution is 2.34. The molecule has 0 aromatic heterocycles. The van der Waals surface area contributed by atoms with Crippen molar-refractivity contribution >= 4 is 35.6 Å². The minimum absolute atomic E-state index is 0. The predicted octanol–water partition coefficient (Wildman–Crippen LogP) is 5.01. The molecule has 2 N–H and O–H groups in total. The average Bonchev–Trinajstić information content (AvgIpc) is 3.03. The Kier molecular flexibility index (Phi) is 9.27. The van der Waals surface area contributed by atoms with E-state index in [4.69, 9.17) is 19.2 Å². The number of nitrogens with one attached hydrogen (secondary N) is 2. The molecular weight excluding hydrogens is 505 g/mol. The van der Waals surface area contributed by atoms with E-state index in [1.165, 1.54) is 5.56 Å². The van der Waals surface area contributed by atoms with E-state index in [1.54, 1.807) is 0 Å². The first-order valence-corrected chi connectivity index (χ1v) is 10.9. The highest BCUT2D eigenvalue weighted by atomic mass is 127. The van der Waals surface area contributed by atoms with E-state index in [0.717, 1.165) is 55.6 Å². The van der Waals surface area contributed by atoms with Crippen LogP contribution in [0.5, 0.6) is 11.5 Å². The van der Waals surface area contributed by atoms with Crippen LogP contribution >= 0.6 is 24.0 Å². The van der Waals surface area contributed by atoms with Gasteiger partial charge in [0, 0.05) is 43.8 Å². The molecule has 2 aliphatic heterocycles. The molecule has 6 nitrogen and oxygen atoms in total. The largest absolute Gasteiger partial charge is 0.490 e. The van der Waals surface area contributed by atoms with E-state index >= 15 is 0 Å². The van der Waals surface area contributed by atoms with Gasteiger partial charge < -0.3 is 24.8 Å². The van der Waals surface area contributed by atoms with E-state index in [2.05, 4.69) is 41.8 Å². The zero-order valence-corrected chi connectivity index (χ0v) is 20.3. The van der Waals surface area contributed by atoms with Gasteiger partial charge in [0.2, 0.25) is 0 Å². The number of benzene rings is 2. The summed E-state index contributed by atoms with van der Waals surface area (Å²) < 4.78 is 17.7. The minimum atomic E-state index is 0. The van der Waals surface area contributed by atoms with Crippen molar-refractivity contribution in [1.82, 2.24) is 5.32 Å². The van der Waals surface area contributed by atoms with Gasteiger partial charge >= 0.3 is 0 Å². The lowest BCUT2D eigenvalue weighted by molar-refractivity contribution is -0.0250. The number of halogens is 1. The van der Waals surface area contributed by atoms with Gasteiger partial charge in [-0.05, 0) is 37.5 Å². The van der Waals surface area contributed by atoms with Crippen LogP contribution in [0.15, 0.2) is 53.5 Å². The van der Waals surface area contributed by atoms with Gasteiger partial charge in [-0.1, -0.05) is 30.3 Å². The summed E-state index contributed by atoms with van der Waals surface area (Å²) in [6, 6.07) is 16.4. The van der Waals surface area contributed by atoms with Gasteiger partial charge in [-0.15, -0.1) is 24.0 Å². The molecule has 1 saturated heterocycles. The molecule has 7 heteroatoms. The molecule has 31 heavy (non-hydrogen) atoms. The fraction of sp³-hybridized carbons (Fsp3) is 0.458. The molecule has 2 heterocycles. The quantitative estimate of drug-likeness (QED) is 0.319. The van der Waals surface area contributed by atoms with Crippen LogP contribution < -0.4 is 20.1 Å². The van der Waals surface area contributed by atoms with Crippen molar-refractivity contribution < 1.29 is 14.2 Å². The molecule has 168 valence electrons. The van der Waals surface area contributed by atoms with Crippen LogP contribution in [-0.2, 0) is 4.74 Å². The molecule has 2 unspecified atom stereocenters. The number of hydrogen-bond donors (Lipinski definition) is 2. The van der Waals surface area contributed by atoms with Crippen molar-refractivity contribution in [3.05, 3.63) is 54.1 Å². The summed E-state index contributed by atoms with van der Waals surface area (Å²) in [5.74, 6) is 2.70. The summed E-state index contributed by atoms with van der Waals surface area (Å²) in [4.78, 5) is 4.88. The van der Waals surface area contributed by atoms with E-state index < -0.39 is 0 Å². The Bertz CT molecular complexity index is 847. The molecule has 0 radical (unpaired) electrons. The smallest absolute Gasteiger partial charge is 0.195 e. The molecular formula is C24H32IN3O3. The Morgan fingerprint density at radius 2 is 1.81 bits per heavy atom. The first-order valence-electron chi connectivity index (χ1n) is 10.9. The van der Waals surface area contributed by atoms with E-state index in [1.807, 2.05) is 24.3 Å². The SMILES string of the molecule is CCNC(=NCC1CCCOC1c1ccccc1)Nc1ccc2c(c1)OCCCO2.I. The number of guanidine groups is 1. The second-order valence-corrected chi connectivity index (χ2v) is 7.66. The zero-order valence-electron chi connectivity index (χ0n) is 18.0. The van der Waals surface area contributed by atoms with Gasteiger partial charge in [-0.3, -0.25) is 4.99 Å². The summed E-state index contributed by atoms with van der Waals surface area (Å²) in [5, 5.41) is 6.75. The average molecular weight is 537 g/mol. The second kappa shape index (κ2) is 12.1. The van der Waals surface area contributed by atoms with Crippen LogP contribution in [0.4, 0.5) is 5.69 Å². The third kappa shape index (κ3) is 6.49. The molecule has 2 aromatic carbocycles. The maximum absolute atomic E-state index is 6.12. The number of aliphatic imine (C=N–C) groups is 1. The number of anilines is 1. The third-order valence-corrected chi connectivity index (χ3v) is 5.41. The predicted molar refractivity (Wildman–Crippen MR) is 135 cm³/mol. The first kappa shape index (κ1) is 23.7. The number of nitrogens with zero attached hydrogens (tertiary/aromatic N) is 1. The van der Waals surface area contributed by atoms with E-state index in [9.17, 15) is 0 Å². The Morgan fingerprint density at radius 3 is 2.61 bits per heavy atom. The molecule has 2 aromatic rings. The van der Waals surface area contributed by atoms with E-state index in [0.29, 0.717) is 25.7 Å². The molecule has 2 atom stereocenters. The van der Waals surface area contributed by atoms with Crippen molar-refractivity contribution in [2.24, 2.45) is 10.9 Å². The zero-order chi connectivity index (χ0) is 20.6. The van der Waals surface area contributed by atoms with Gasteiger partial charge in [0.25, 0.3) is 0 Å². The minimum Gasteiger partial charge on any atom is -0.490 e. The summed E-state index contributed by atoms with van der Waals surface area (Å²) >= 11 is 0. The lowest BCUT2D eigenvalue weighted by Gasteiger charge is -2.31. The summed E-state index contributed by atoms with van der Waals surface area (Å²) in [6.45, 7) is 5.75. The summed E-state index contributed by atoms with van der Waals surface area (Å²) in [6.07, 6.45) is 3.19. The topological polar surface area (TPSA) is 64.1 Å². The number of rotatable bonds is 5. The number of fused-ring (bicyclic) bond motifs is 1. The van der Waals surface area contributed by atoms with Crippen molar-refractivity contribution in [3.8, 4) is 11.5 Å². The highest BCUT2D eigenvalue weighted by molar-refractivity contribution is 14.0. The summed E-state index contributed by atoms with van der Waals surface area (Å²) in [7, 11) is 0. The molecule has 1 fully saturated rings. The number of ether oxygens (including phenoxy) is 3. The summed E-state index contributed by atoms with van der Waals surface area (Å²) in [5.41, 5.74) is 2.16. The maximum atomic E-state index is 6.12. The standard InChI is InChI=1S/C24H31N3O3.HI/c1-2-25-24(27-20-11-12-21-22(16-20)29-15-7-14-28-21)26-17-19-10-6-13-30-23(19)18-8-4-3-5-9-18;/h3-5,8-9,11-12,16,19,23H,2,6-7,10,13-15,17H2,1H3,(H2,25,26,27);1H. The van der Waals surface area contributed by atoms with Crippen LogP contribution in [0.3, 0.4) is 0 Å². The Balaban J connectivity index is 0.00000272. The van der Waals surface area contributed by atoms with Crippen LogP contribution in [0, 0.1) is 5.92 Å². The van der Waals surface area contributed by atoms with Crippen LogP contribution in [0.25, 0.3) is 0 Å². The Morgan fingerprint density at radius 1 is 1.00 bits per heavy atom. The second-order valence-electron chi connectivity index (χ2n) is 7.66.